The van der Waals surface area contributed by atoms with Gasteiger partial charge in [0.05, 0.1) is 0 Å². The fraction of sp³-hybridized carbons (Fsp3) is 0.238. The van der Waals surface area contributed by atoms with E-state index in [0.29, 0.717) is 47.2 Å². The fourth-order valence-corrected chi connectivity index (χ4v) is 3.69. The molecule has 0 spiro atoms. The van der Waals surface area contributed by atoms with Gasteiger partial charge in [-0.15, -0.1) is 0 Å². The lowest BCUT2D eigenvalue weighted by atomic mass is 9.87. The van der Waals surface area contributed by atoms with E-state index in [1.54, 1.807) is 36.4 Å². The Balaban J connectivity index is 1.74. The minimum absolute atomic E-state index is 0.333. The number of hydrogen-bond acceptors (Lipinski definition) is 3. The highest BCUT2D eigenvalue weighted by atomic mass is 35.5. The van der Waals surface area contributed by atoms with Crippen LogP contribution in [0.1, 0.15) is 18.4 Å². The molecule has 0 atom stereocenters. The number of halogens is 3. The highest BCUT2D eigenvalue weighted by molar-refractivity contribution is 6.35. The van der Waals surface area contributed by atoms with Crippen molar-refractivity contribution in [1.82, 2.24) is 10.6 Å². The normalized spacial score (nSPS) is 15.8. The third-order valence-corrected chi connectivity index (χ3v) is 5.11. The van der Waals surface area contributed by atoms with Crippen molar-refractivity contribution in [3.63, 3.8) is 0 Å². The zero-order valence-electron chi connectivity index (χ0n) is 15.5. The predicted molar refractivity (Wildman–Crippen MR) is 114 cm³/mol. The Hall–Kier alpha value is -2.41. The van der Waals surface area contributed by atoms with Gasteiger partial charge >= 0.3 is 0 Å². The van der Waals surface area contributed by atoms with E-state index in [4.69, 9.17) is 23.2 Å². The molecule has 2 aromatic carbocycles. The fourth-order valence-electron chi connectivity index (χ4n) is 3.16. The number of amides is 2. The average molecular weight is 436 g/mol. The first-order chi connectivity index (χ1) is 13.9. The summed E-state index contributed by atoms with van der Waals surface area (Å²) in [6.07, 6.45) is 3.77. The minimum atomic E-state index is -1.07. The van der Waals surface area contributed by atoms with Crippen LogP contribution in [0.5, 0.6) is 0 Å². The first kappa shape index (κ1) is 21.3. The van der Waals surface area contributed by atoms with Gasteiger partial charge in [-0.25, -0.2) is 4.39 Å². The second kappa shape index (κ2) is 9.39. The molecule has 0 unspecified atom stereocenters. The lowest BCUT2D eigenvalue weighted by molar-refractivity contribution is -0.129. The molecule has 0 radical (unpaired) electrons. The zero-order valence-corrected chi connectivity index (χ0v) is 17.0. The van der Waals surface area contributed by atoms with Gasteiger partial charge in [0.1, 0.15) is 11.4 Å². The van der Waals surface area contributed by atoms with Gasteiger partial charge in [-0.2, -0.15) is 0 Å². The van der Waals surface area contributed by atoms with Crippen LogP contribution in [0.2, 0.25) is 10.0 Å². The lowest BCUT2D eigenvalue weighted by Gasteiger charge is -2.36. The molecule has 0 aliphatic carbocycles. The van der Waals surface area contributed by atoms with Crippen molar-refractivity contribution in [2.75, 3.05) is 18.4 Å². The summed E-state index contributed by atoms with van der Waals surface area (Å²) in [6, 6.07) is 10.5. The van der Waals surface area contributed by atoms with Crippen LogP contribution in [0.3, 0.4) is 0 Å². The van der Waals surface area contributed by atoms with E-state index in [1.807, 2.05) is 0 Å². The van der Waals surface area contributed by atoms with Gasteiger partial charge in [0.2, 0.25) is 11.8 Å². The molecule has 1 saturated heterocycles. The number of benzene rings is 2. The van der Waals surface area contributed by atoms with Crippen LogP contribution in [0.15, 0.2) is 48.5 Å². The summed E-state index contributed by atoms with van der Waals surface area (Å²) in [4.78, 5) is 25.6. The maximum absolute atomic E-state index is 13.1. The standard InChI is InChI=1S/C21H20Cl2FN3O2/c22-15-11-16(23)13-18(12-15)26-20(29)21(7-9-25-10-8-21)27-19(28)6-3-14-1-4-17(24)5-2-14/h1-6,11-13,25H,7-10H2,(H,26,29)(H,27,28). The number of nitrogens with one attached hydrogen (secondary N) is 3. The molecule has 1 aliphatic rings. The van der Waals surface area contributed by atoms with Gasteiger partial charge in [0.25, 0.3) is 0 Å². The molecule has 0 saturated carbocycles. The molecule has 3 rings (SSSR count). The van der Waals surface area contributed by atoms with Crippen molar-refractivity contribution < 1.29 is 14.0 Å². The molecule has 0 aromatic heterocycles. The maximum atomic E-state index is 13.1. The summed E-state index contributed by atoms with van der Waals surface area (Å²) in [6.45, 7) is 1.18. The molecule has 2 aromatic rings. The summed E-state index contributed by atoms with van der Waals surface area (Å²) in [7, 11) is 0. The number of anilines is 1. The molecule has 152 valence electrons. The van der Waals surface area contributed by atoms with E-state index in [1.165, 1.54) is 18.2 Å². The van der Waals surface area contributed by atoms with Crippen molar-refractivity contribution in [1.29, 1.82) is 0 Å². The van der Waals surface area contributed by atoms with E-state index in [-0.39, 0.29) is 11.7 Å². The van der Waals surface area contributed by atoms with Crippen molar-refractivity contribution in [3.8, 4) is 0 Å². The second-order valence-electron chi connectivity index (χ2n) is 6.82. The number of hydrogen-bond donors (Lipinski definition) is 3. The molecule has 1 aliphatic heterocycles. The Labute approximate surface area is 178 Å². The summed E-state index contributed by atoms with van der Waals surface area (Å²) in [5, 5.41) is 9.64. The summed E-state index contributed by atoms with van der Waals surface area (Å²) >= 11 is 12.0. The zero-order chi connectivity index (χ0) is 20.9. The third kappa shape index (κ3) is 5.79. The monoisotopic (exact) mass is 435 g/mol. The first-order valence-electron chi connectivity index (χ1n) is 9.10. The molecule has 2 amide bonds. The van der Waals surface area contributed by atoms with Gasteiger partial charge in [-0.05, 0) is 67.9 Å². The largest absolute Gasteiger partial charge is 0.338 e. The maximum Gasteiger partial charge on any atom is 0.250 e. The molecule has 29 heavy (non-hydrogen) atoms. The smallest absolute Gasteiger partial charge is 0.250 e. The van der Waals surface area contributed by atoms with Crippen molar-refractivity contribution >= 4 is 46.8 Å². The Morgan fingerprint density at radius 3 is 2.28 bits per heavy atom. The molecular weight excluding hydrogens is 416 g/mol. The molecule has 1 fully saturated rings. The van der Waals surface area contributed by atoms with E-state index < -0.39 is 11.4 Å². The number of rotatable bonds is 5. The minimum Gasteiger partial charge on any atom is -0.338 e. The van der Waals surface area contributed by atoms with Gasteiger partial charge in [0, 0.05) is 21.8 Å². The van der Waals surface area contributed by atoms with E-state index in [9.17, 15) is 14.0 Å². The van der Waals surface area contributed by atoms with Crippen molar-refractivity contribution in [3.05, 3.63) is 70.0 Å². The molecule has 3 N–H and O–H groups in total. The highest BCUT2D eigenvalue weighted by Crippen LogP contribution is 2.25. The van der Waals surface area contributed by atoms with Crippen molar-refractivity contribution in [2.24, 2.45) is 0 Å². The predicted octanol–water partition coefficient (Wildman–Crippen LogP) is 4.02. The molecule has 8 heteroatoms. The second-order valence-corrected chi connectivity index (χ2v) is 7.69. The summed E-state index contributed by atoms with van der Waals surface area (Å²) in [5.41, 5.74) is 0.0741. The molecule has 5 nitrogen and oxygen atoms in total. The Bertz CT molecular complexity index is 906. The summed E-state index contributed by atoms with van der Waals surface area (Å²) in [5.74, 6) is -1.09. The van der Waals surface area contributed by atoms with E-state index in [2.05, 4.69) is 16.0 Å². The first-order valence-corrected chi connectivity index (χ1v) is 9.86. The molecule has 0 bridgehead atoms. The quantitative estimate of drug-likeness (QED) is 0.621. The van der Waals surface area contributed by atoms with Crippen LogP contribution in [-0.2, 0) is 9.59 Å². The molecule has 1 heterocycles. The van der Waals surface area contributed by atoms with Gasteiger partial charge < -0.3 is 16.0 Å². The number of carbonyl (C=O) groups is 2. The van der Waals surface area contributed by atoms with Crippen LogP contribution in [0.25, 0.3) is 6.08 Å². The van der Waals surface area contributed by atoms with E-state index >= 15 is 0 Å². The topological polar surface area (TPSA) is 70.2 Å². The van der Waals surface area contributed by atoms with Crippen LogP contribution in [0, 0.1) is 5.82 Å². The van der Waals surface area contributed by atoms with Gasteiger partial charge in [-0.3, -0.25) is 9.59 Å². The van der Waals surface area contributed by atoms with Crippen LogP contribution >= 0.6 is 23.2 Å². The number of carbonyl (C=O) groups excluding carboxylic acids is 2. The van der Waals surface area contributed by atoms with Crippen LogP contribution < -0.4 is 16.0 Å². The summed E-state index contributed by atoms with van der Waals surface area (Å²) < 4.78 is 13.0. The lowest BCUT2D eigenvalue weighted by Crippen LogP contribution is -2.61. The average Bonchev–Trinajstić information content (AvgIpc) is 2.67. The Morgan fingerprint density at radius 2 is 1.66 bits per heavy atom. The Kier molecular flexibility index (Phi) is 6.90. The molecular formula is C21H20Cl2FN3O2. The third-order valence-electron chi connectivity index (χ3n) is 4.67. The number of piperidine rings is 1. The van der Waals surface area contributed by atoms with Crippen molar-refractivity contribution in [2.45, 2.75) is 18.4 Å². The van der Waals surface area contributed by atoms with Crippen LogP contribution in [0.4, 0.5) is 10.1 Å². The highest BCUT2D eigenvalue weighted by Gasteiger charge is 2.40. The van der Waals surface area contributed by atoms with Gasteiger partial charge in [-0.1, -0.05) is 35.3 Å². The van der Waals surface area contributed by atoms with E-state index in [0.717, 1.165) is 0 Å². The van der Waals surface area contributed by atoms with Gasteiger partial charge in [0.15, 0.2) is 0 Å². The Morgan fingerprint density at radius 1 is 1.03 bits per heavy atom. The SMILES string of the molecule is O=C(C=Cc1ccc(F)cc1)NC1(C(=O)Nc2cc(Cl)cc(Cl)c2)CCNCC1. The van der Waals surface area contributed by atoms with Crippen LogP contribution in [-0.4, -0.2) is 30.4 Å².